The minimum Gasteiger partial charge on any atom is -0.476 e. The molecule has 2 aromatic rings. The van der Waals surface area contributed by atoms with Gasteiger partial charge >= 0.3 is 5.97 Å². The molecule has 0 aliphatic rings. The summed E-state index contributed by atoms with van der Waals surface area (Å²) in [5.41, 5.74) is -0.685. The summed E-state index contributed by atoms with van der Waals surface area (Å²) in [6.45, 7) is 0. The standard InChI is InChI=1S/C11H6ClFN4O3/c12-8-6(3-5(13)4-16-8)10(18)17-9-7(11(19)20)14-1-2-15-9/h1-4H,(H,19,20)(H,15,17,18). The zero-order valence-corrected chi connectivity index (χ0v) is 10.4. The number of carbonyl (C=O) groups is 2. The zero-order valence-electron chi connectivity index (χ0n) is 9.67. The molecule has 0 bridgehead atoms. The number of hydrogen-bond acceptors (Lipinski definition) is 5. The fourth-order valence-corrected chi connectivity index (χ4v) is 1.53. The molecule has 0 spiro atoms. The minimum atomic E-state index is -1.36. The molecule has 2 heterocycles. The van der Waals surface area contributed by atoms with E-state index in [9.17, 15) is 14.0 Å². The van der Waals surface area contributed by atoms with Gasteiger partial charge in [-0.3, -0.25) is 4.79 Å². The number of amides is 1. The summed E-state index contributed by atoms with van der Waals surface area (Å²) in [6, 6.07) is 0.876. The number of nitrogens with zero attached hydrogens (tertiary/aromatic N) is 3. The van der Waals surface area contributed by atoms with Gasteiger partial charge in [0.15, 0.2) is 11.5 Å². The summed E-state index contributed by atoms with van der Waals surface area (Å²) in [6.07, 6.45) is 3.22. The van der Waals surface area contributed by atoms with Crippen LogP contribution in [0.3, 0.4) is 0 Å². The fraction of sp³-hybridized carbons (Fsp3) is 0. The molecule has 0 saturated heterocycles. The summed E-state index contributed by atoms with van der Waals surface area (Å²) < 4.78 is 13.0. The Kier molecular flexibility index (Phi) is 3.85. The van der Waals surface area contributed by atoms with Crippen molar-refractivity contribution in [2.75, 3.05) is 5.32 Å². The minimum absolute atomic E-state index is 0.218. The Hall–Kier alpha value is -2.61. The van der Waals surface area contributed by atoms with Crippen LogP contribution in [0.4, 0.5) is 10.2 Å². The van der Waals surface area contributed by atoms with Crippen LogP contribution in [0.25, 0.3) is 0 Å². The molecule has 7 nitrogen and oxygen atoms in total. The molecule has 0 aliphatic carbocycles. The van der Waals surface area contributed by atoms with Crippen molar-refractivity contribution in [3.63, 3.8) is 0 Å². The van der Waals surface area contributed by atoms with E-state index >= 15 is 0 Å². The number of rotatable bonds is 3. The second kappa shape index (κ2) is 5.57. The van der Waals surface area contributed by atoms with Gasteiger partial charge in [-0.1, -0.05) is 11.6 Å². The van der Waals surface area contributed by atoms with Gasteiger partial charge < -0.3 is 10.4 Å². The number of aromatic nitrogens is 3. The number of aromatic carboxylic acids is 1. The lowest BCUT2D eigenvalue weighted by molar-refractivity contribution is 0.0691. The molecule has 20 heavy (non-hydrogen) atoms. The Morgan fingerprint density at radius 1 is 1.25 bits per heavy atom. The molecule has 1 amide bonds. The molecule has 0 unspecified atom stereocenters. The van der Waals surface area contributed by atoms with Gasteiger partial charge in [-0.25, -0.2) is 24.1 Å². The Labute approximate surface area is 116 Å². The highest BCUT2D eigenvalue weighted by molar-refractivity contribution is 6.33. The number of carboxylic acid groups (broad SMARTS) is 1. The van der Waals surface area contributed by atoms with Gasteiger partial charge in [-0.2, -0.15) is 0 Å². The first-order chi connectivity index (χ1) is 9.49. The first kappa shape index (κ1) is 13.8. The van der Waals surface area contributed by atoms with Crippen molar-refractivity contribution in [2.24, 2.45) is 0 Å². The molecule has 0 radical (unpaired) electrons. The van der Waals surface area contributed by atoms with Gasteiger partial charge in [0.25, 0.3) is 5.91 Å². The largest absolute Gasteiger partial charge is 0.476 e. The van der Waals surface area contributed by atoms with E-state index in [2.05, 4.69) is 20.3 Å². The lowest BCUT2D eigenvalue weighted by Gasteiger charge is -2.07. The molecule has 2 rings (SSSR count). The predicted octanol–water partition coefficient (Wildman–Crippen LogP) is 1.61. The van der Waals surface area contributed by atoms with Crippen LogP contribution < -0.4 is 5.32 Å². The summed E-state index contributed by atoms with van der Waals surface area (Å²) in [5, 5.41) is 10.9. The maximum Gasteiger partial charge on any atom is 0.358 e. The van der Waals surface area contributed by atoms with Crippen molar-refractivity contribution in [1.82, 2.24) is 15.0 Å². The third-order valence-electron chi connectivity index (χ3n) is 2.18. The number of pyridine rings is 1. The van der Waals surface area contributed by atoms with Gasteiger partial charge in [0.2, 0.25) is 0 Å². The maximum absolute atomic E-state index is 13.0. The molecule has 2 aromatic heterocycles. The van der Waals surface area contributed by atoms with E-state index in [1.54, 1.807) is 0 Å². The molecule has 0 aliphatic heterocycles. The average molecular weight is 297 g/mol. The molecular formula is C11H6ClFN4O3. The van der Waals surface area contributed by atoms with Crippen LogP contribution in [0, 0.1) is 5.82 Å². The Bertz CT molecular complexity index is 695. The maximum atomic E-state index is 13.0. The van der Waals surface area contributed by atoms with Crippen molar-refractivity contribution in [3.05, 3.63) is 46.9 Å². The highest BCUT2D eigenvalue weighted by Crippen LogP contribution is 2.16. The number of nitrogens with one attached hydrogen (secondary N) is 1. The number of carbonyl (C=O) groups excluding carboxylic acids is 1. The predicted molar refractivity (Wildman–Crippen MR) is 66.1 cm³/mol. The second-order valence-electron chi connectivity index (χ2n) is 3.50. The third kappa shape index (κ3) is 2.86. The summed E-state index contributed by atoms with van der Waals surface area (Å²) in [5.74, 6) is -3.23. The molecule has 0 saturated carbocycles. The molecule has 102 valence electrons. The topological polar surface area (TPSA) is 105 Å². The fourth-order valence-electron chi connectivity index (χ4n) is 1.34. The monoisotopic (exact) mass is 296 g/mol. The molecule has 0 aromatic carbocycles. The number of carboxylic acids is 1. The first-order valence-corrected chi connectivity index (χ1v) is 5.53. The number of anilines is 1. The van der Waals surface area contributed by atoms with Crippen molar-refractivity contribution >= 4 is 29.3 Å². The van der Waals surface area contributed by atoms with Crippen molar-refractivity contribution in [3.8, 4) is 0 Å². The summed E-state index contributed by atoms with van der Waals surface area (Å²) in [7, 11) is 0. The lowest BCUT2D eigenvalue weighted by Crippen LogP contribution is -2.18. The Morgan fingerprint density at radius 3 is 2.65 bits per heavy atom. The first-order valence-electron chi connectivity index (χ1n) is 5.15. The Balaban J connectivity index is 2.33. The number of halogens is 2. The van der Waals surface area contributed by atoms with Gasteiger partial charge in [0, 0.05) is 12.4 Å². The van der Waals surface area contributed by atoms with Gasteiger partial charge in [-0.15, -0.1) is 0 Å². The zero-order chi connectivity index (χ0) is 14.7. The van der Waals surface area contributed by atoms with E-state index in [1.165, 1.54) is 6.20 Å². The summed E-state index contributed by atoms with van der Waals surface area (Å²) in [4.78, 5) is 33.5. The second-order valence-corrected chi connectivity index (χ2v) is 3.86. The molecule has 9 heteroatoms. The van der Waals surface area contributed by atoms with Gasteiger partial charge in [0.05, 0.1) is 11.8 Å². The SMILES string of the molecule is O=C(Nc1nccnc1C(=O)O)c1cc(F)cnc1Cl. The Morgan fingerprint density at radius 2 is 1.95 bits per heavy atom. The quantitative estimate of drug-likeness (QED) is 0.834. The lowest BCUT2D eigenvalue weighted by atomic mass is 10.2. The van der Waals surface area contributed by atoms with Gasteiger partial charge in [-0.05, 0) is 6.07 Å². The van der Waals surface area contributed by atoms with E-state index in [4.69, 9.17) is 16.7 Å². The van der Waals surface area contributed by atoms with Crippen LogP contribution in [0.5, 0.6) is 0 Å². The summed E-state index contributed by atoms with van der Waals surface area (Å²) >= 11 is 5.67. The van der Waals surface area contributed by atoms with Crippen LogP contribution in [-0.4, -0.2) is 31.9 Å². The molecule has 2 N–H and O–H groups in total. The van der Waals surface area contributed by atoms with Crippen LogP contribution in [0.15, 0.2) is 24.7 Å². The van der Waals surface area contributed by atoms with Crippen molar-refractivity contribution < 1.29 is 19.1 Å². The molecular weight excluding hydrogens is 291 g/mol. The highest BCUT2D eigenvalue weighted by Gasteiger charge is 2.18. The van der Waals surface area contributed by atoms with Crippen molar-refractivity contribution in [1.29, 1.82) is 0 Å². The third-order valence-corrected chi connectivity index (χ3v) is 2.48. The van der Waals surface area contributed by atoms with Crippen LogP contribution in [-0.2, 0) is 0 Å². The normalized spacial score (nSPS) is 10.1. The van der Waals surface area contributed by atoms with E-state index in [1.807, 2.05) is 0 Å². The van der Waals surface area contributed by atoms with Crippen LogP contribution >= 0.6 is 11.6 Å². The average Bonchev–Trinajstić information content (AvgIpc) is 2.41. The van der Waals surface area contributed by atoms with E-state index < -0.39 is 23.4 Å². The molecule has 0 atom stereocenters. The highest BCUT2D eigenvalue weighted by atomic mass is 35.5. The van der Waals surface area contributed by atoms with E-state index in [0.29, 0.717) is 0 Å². The van der Waals surface area contributed by atoms with E-state index in [0.717, 1.165) is 18.5 Å². The smallest absolute Gasteiger partial charge is 0.358 e. The van der Waals surface area contributed by atoms with E-state index in [-0.39, 0.29) is 16.5 Å². The molecule has 0 fully saturated rings. The van der Waals surface area contributed by atoms with Crippen LogP contribution in [0.1, 0.15) is 20.8 Å². The number of hydrogen-bond donors (Lipinski definition) is 2. The van der Waals surface area contributed by atoms with Gasteiger partial charge in [0.1, 0.15) is 11.0 Å². The van der Waals surface area contributed by atoms with Crippen LogP contribution in [0.2, 0.25) is 5.15 Å². The van der Waals surface area contributed by atoms with Crippen molar-refractivity contribution in [2.45, 2.75) is 0 Å².